The molecule has 1 atom stereocenters. The van der Waals surface area contributed by atoms with Crippen molar-refractivity contribution in [2.24, 2.45) is 0 Å². The van der Waals surface area contributed by atoms with Crippen molar-refractivity contribution in [2.45, 2.75) is 33.0 Å². The molecule has 0 bridgehead atoms. The Hall–Kier alpha value is -2.33. The second kappa shape index (κ2) is 7.61. The maximum atomic E-state index is 10.9. The van der Waals surface area contributed by atoms with Gasteiger partial charge in [-0.2, -0.15) is 0 Å². The van der Waals surface area contributed by atoms with Gasteiger partial charge in [-0.1, -0.05) is 48.0 Å². The summed E-state index contributed by atoms with van der Waals surface area (Å²) in [5.41, 5.74) is 3.26. The van der Waals surface area contributed by atoms with E-state index in [9.17, 15) is 4.79 Å². The lowest BCUT2D eigenvalue weighted by Gasteiger charge is -2.14. The Bertz CT molecular complexity index is 640. The lowest BCUT2D eigenvalue weighted by molar-refractivity contribution is -0.139. The van der Waals surface area contributed by atoms with Crippen molar-refractivity contribution < 1.29 is 14.6 Å². The van der Waals surface area contributed by atoms with Gasteiger partial charge in [0.25, 0.3) is 0 Å². The molecular weight excluding hydrogens is 278 g/mol. The van der Waals surface area contributed by atoms with E-state index in [0.717, 1.165) is 16.9 Å². The zero-order valence-corrected chi connectivity index (χ0v) is 12.9. The van der Waals surface area contributed by atoms with Gasteiger partial charge in [-0.25, -0.2) is 0 Å². The molecule has 0 fully saturated rings. The first-order chi connectivity index (χ1) is 10.6. The smallest absolute Gasteiger partial charge is 0.320 e. The van der Waals surface area contributed by atoms with Gasteiger partial charge in [-0.15, -0.1) is 0 Å². The van der Waals surface area contributed by atoms with Gasteiger partial charge in [0.05, 0.1) is 0 Å². The molecule has 4 nitrogen and oxygen atoms in total. The first kappa shape index (κ1) is 16.0. The van der Waals surface area contributed by atoms with Crippen LogP contribution in [0.2, 0.25) is 0 Å². The average Bonchev–Trinajstić information content (AvgIpc) is 2.51. The predicted octanol–water partition coefficient (Wildman–Crippen LogP) is 3.14. The largest absolute Gasteiger partial charge is 0.489 e. The number of hydrogen-bond acceptors (Lipinski definition) is 3. The number of ether oxygens (including phenoxy) is 1. The number of benzene rings is 2. The molecule has 2 rings (SSSR count). The molecule has 0 saturated carbocycles. The van der Waals surface area contributed by atoms with Crippen LogP contribution in [-0.2, 0) is 17.9 Å². The van der Waals surface area contributed by atoms with Gasteiger partial charge in [-0.3, -0.25) is 4.79 Å². The second-order valence-electron chi connectivity index (χ2n) is 5.33. The van der Waals surface area contributed by atoms with Crippen molar-refractivity contribution in [2.75, 3.05) is 0 Å². The van der Waals surface area contributed by atoms with Gasteiger partial charge in [-0.05, 0) is 25.5 Å². The van der Waals surface area contributed by atoms with Gasteiger partial charge in [0, 0.05) is 12.1 Å². The van der Waals surface area contributed by atoms with Crippen LogP contribution in [0.25, 0.3) is 0 Å². The molecule has 116 valence electrons. The van der Waals surface area contributed by atoms with Crippen molar-refractivity contribution in [1.82, 2.24) is 5.32 Å². The molecule has 0 spiro atoms. The number of rotatable bonds is 7. The van der Waals surface area contributed by atoms with Crippen LogP contribution in [0.15, 0.2) is 48.5 Å². The lowest BCUT2D eigenvalue weighted by Crippen LogP contribution is -2.33. The molecule has 4 heteroatoms. The fraction of sp³-hybridized carbons (Fsp3) is 0.278. The Morgan fingerprint density at radius 1 is 1.23 bits per heavy atom. The number of nitrogens with one attached hydrogen (secondary N) is 1. The van der Waals surface area contributed by atoms with Gasteiger partial charge >= 0.3 is 5.97 Å². The van der Waals surface area contributed by atoms with Crippen LogP contribution >= 0.6 is 0 Å². The van der Waals surface area contributed by atoms with Crippen molar-refractivity contribution in [3.63, 3.8) is 0 Å². The molecule has 22 heavy (non-hydrogen) atoms. The maximum Gasteiger partial charge on any atom is 0.320 e. The van der Waals surface area contributed by atoms with E-state index >= 15 is 0 Å². The minimum Gasteiger partial charge on any atom is -0.489 e. The topological polar surface area (TPSA) is 58.6 Å². The Morgan fingerprint density at radius 2 is 2.00 bits per heavy atom. The first-order valence-corrected chi connectivity index (χ1v) is 7.28. The molecule has 0 heterocycles. The molecule has 0 aliphatic carbocycles. The van der Waals surface area contributed by atoms with E-state index in [0.29, 0.717) is 13.2 Å². The lowest BCUT2D eigenvalue weighted by atomic mass is 10.1. The van der Waals surface area contributed by atoms with Crippen LogP contribution in [0.5, 0.6) is 5.75 Å². The molecule has 0 radical (unpaired) electrons. The summed E-state index contributed by atoms with van der Waals surface area (Å²) in [6.07, 6.45) is 0. The standard InChI is InChI=1S/C18H21NO3/c1-13-6-5-7-15(10-13)12-22-17-9-4-3-8-16(17)11-19-14(2)18(20)21/h3-10,14,19H,11-12H2,1-2H3,(H,20,21)/t14-/m0/s1. The van der Waals surface area contributed by atoms with E-state index in [1.807, 2.05) is 36.4 Å². The van der Waals surface area contributed by atoms with Crippen LogP contribution in [0.1, 0.15) is 23.6 Å². The van der Waals surface area contributed by atoms with Gasteiger partial charge in [0.2, 0.25) is 0 Å². The summed E-state index contributed by atoms with van der Waals surface area (Å²) in [5, 5.41) is 11.9. The zero-order valence-electron chi connectivity index (χ0n) is 12.9. The van der Waals surface area contributed by atoms with Crippen LogP contribution < -0.4 is 10.1 Å². The van der Waals surface area contributed by atoms with E-state index in [-0.39, 0.29) is 0 Å². The zero-order chi connectivity index (χ0) is 15.9. The monoisotopic (exact) mass is 299 g/mol. The summed E-state index contributed by atoms with van der Waals surface area (Å²) < 4.78 is 5.88. The summed E-state index contributed by atoms with van der Waals surface area (Å²) >= 11 is 0. The van der Waals surface area contributed by atoms with Gasteiger partial charge < -0.3 is 15.2 Å². The van der Waals surface area contributed by atoms with Crippen LogP contribution in [0, 0.1) is 6.92 Å². The summed E-state index contributed by atoms with van der Waals surface area (Å²) in [6.45, 7) is 4.62. The third kappa shape index (κ3) is 4.60. The minimum atomic E-state index is -0.863. The van der Waals surface area contributed by atoms with Crippen LogP contribution in [0.3, 0.4) is 0 Å². The molecule has 0 amide bonds. The van der Waals surface area contributed by atoms with Crippen molar-refractivity contribution in [3.05, 3.63) is 65.2 Å². The molecule has 0 unspecified atom stereocenters. The predicted molar refractivity (Wildman–Crippen MR) is 85.9 cm³/mol. The SMILES string of the molecule is Cc1cccc(COc2ccccc2CN[C@@H](C)C(=O)O)c1. The number of aryl methyl sites for hydroxylation is 1. The van der Waals surface area contributed by atoms with Gasteiger partial charge in [0.1, 0.15) is 18.4 Å². The molecule has 0 aliphatic rings. The molecule has 0 aromatic heterocycles. The van der Waals surface area contributed by atoms with Crippen molar-refractivity contribution >= 4 is 5.97 Å². The third-order valence-corrected chi connectivity index (χ3v) is 3.42. The van der Waals surface area contributed by atoms with Gasteiger partial charge in [0.15, 0.2) is 0 Å². The fourth-order valence-corrected chi connectivity index (χ4v) is 2.10. The van der Waals surface area contributed by atoms with E-state index in [1.54, 1.807) is 6.92 Å². The Morgan fingerprint density at radius 3 is 2.73 bits per heavy atom. The Balaban J connectivity index is 2.00. The van der Waals surface area contributed by atoms with E-state index in [2.05, 4.69) is 24.4 Å². The maximum absolute atomic E-state index is 10.9. The number of hydrogen-bond donors (Lipinski definition) is 2. The fourth-order valence-electron chi connectivity index (χ4n) is 2.10. The third-order valence-electron chi connectivity index (χ3n) is 3.42. The normalized spacial score (nSPS) is 11.9. The van der Waals surface area contributed by atoms with Crippen LogP contribution in [0.4, 0.5) is 0 Å². The summed E-state index contributed by atoms with van der Waals surface area (Å²) in [4.78, 5) is 10.9. The van der Waals surface area contributed by atoms with E-state index in [4.69, 9.17) is 9.84 Å². The molecule has 0 saturated heterocycles. The van der Waals surface area contributed by atoms with E-state index < -0.39 is 12.0 Å². The molecule has 2 N–H and O–H groups in total. The highest BCUT2D eigenvalue weighted by atomic mass is 16.5. The summed E-state index contributed by atoms with van der Waals surface area (Å²) in [7, 11) is 0. The number of aliphatic carboxylic acids is 1. The molecule has 0 aliphatic heterocycles. The highest BCUT2D eigenvalue weighted by Gasteiger charge is 2.11. The van der Waals surface area contributed by atoms with E-state index in [1.165, 1.54) is 5.56 Å². The number of carbonyl (C=O) groups is 1. The van der Waals surface area contributed by atoms with Crippen molar-refractivity contribution in [1.29, 1.82) is 0 Å². The highest BCUT2D eigenvalue weighted by Crippen LogP contribution is 2.19. The second-order valence-corrected chi connectivity index (χ2v) is 5.33. The quantitative estimate of drug-likeness (QED) is 0.824. The van der Waals surface area contributed by atoms with Crippen LogP contribution in [-0.4, -0.2) is 17.1 Å². The number of carboxylic acid groups (broad SMARTS) is 1. The molecular formula is C18H21NO3. The summed E-state index contributed by atoms with van der Waals surface area (Å²) in [5.74, 6) is -0.0905. The number of para-hydroxylation sites is 1. The highest BCUT2D eigenvalue weighted by molar-refractivity contribution is 5.72. The summed E-state index contributed by atoms with van der Waals surface area (Å²) in [6, 6.07) is 15.3. The molecule has 2 aromatic carbocycles. The Labute approximate surface area is 130 Å². The average molecular weight is 299 g/mol. The van der Waals surface area contributed by atoms with Crippen molar-refractivity contribution in [3.8, 4) is 5.75 Å². The minimum absolute atomic E-state index is 0.456. The molecule has 2 aromatic rings. The first-order valence-electron chi connectivity index (χ1n) is 7.28. The Kier molecular flexibility index (Phi) is 5.55. The number of carboxylic acids is 1.